The first-order valence-electron chi connectivity index (χ1n) is 5.47. The van der Waals surface area contributed by atoms with Crippen molar-refractivity contribution >= 4 is 5.82 Å². The highest BCUT2D eigenvalue weighted by Crippen LogP contribution is 2.18. The van der Waals surface area contributed by atoms with Gasteiger partial charge in [-0.1, -0.05) is 19.0 Å². The maximum atomic E-state index is 5.21. The highest BCUT2D eigenvalue weighted by atomic mass is 16.5. The van der Waals surface area contributed by atoms with Crippen LogP contribution in [0.4, 0.5) is 5.82 Å². The van der Waals surface area contributed by atoms with E-state index in [9.17, 15) is 0 Å². The molecule has 86 valence electrons. The smallest absolute Gasteiger partial charge is 0.169 e. The van der Waals surface area contributed by atoms with Gasteiger partial charge >= 0.3 is 0 Å². The first-order valence-corrected chi connectivity index (χ1v) is 5.47. The lowest BCUT2D eigenvalue weighted by atomic mass is 10.2. The molecule has 0 atom stereocenters. The van der Waals surface area contributed by atoms with E-state index in [1.807, 2.05) is 25.4 Å². The molecule has 0 unspecified atom stereocenters. The van der Waals surface area contributed by atoms with Gasteiger partial charge < -0.3 is 14.4 Å². The van der Waals surface area contributed by atoms with E-state index < -0.39 is 0 Å². The summed E-state index contributed by atoms with van der Waals surface area (Å²) in [5.74, 6) is 2.08. The van der Waals surface area contributed by atoms with Gasteiger partial charge in [0.1, 0.15) is 5.76 Å². The third-order valence-corrected chi connectivity index (χ3v) is 2.60. The van der Waals surface area contributed by atoms with Gasteiger partial charge in [0.2, 0.25) is 0 Å². The Morgan fingerprint density at radius 3 is 2.88 bits per heavy atom. The van der Waals surface area contributed by atoms with Crippen molar-refractivity contribution < 1.29 is 4.52 Å². The minimum atomic E-state index is 0.373. The molecule has 0 radical (unpaired) electrons. The van der Waals surface area contributed by atoms with Crippen molar-refractivity contribution in [3.63, 3.8) is 0 Å². The third kappa shape index (κ3) is 2.27. The lowest BCUT2D eigenvalue weighted by Crippen LogP contribution is -2.03. The average molecular weight is 219 g/mol. The molecule has 4 nitrogen and oxygen atoms in total. The minimum Gasteiger partial charge on any atom is -0.362 e. The summed E-state index contributed by atoms with van der Waals surface area (Å²) in [5, 5.41) is 7.21. The number of rotatable bonds is 4. The SMILES string of the molecule is CC(C)c1cc(NCc2cccn2C)no1. The molecule has 0 amide bonds. The largest absolute Gasteiger partial charge is 0.362 e. The summed E-state index contributed by atoms with van der Waals surface area (Å²) in [5.41, 5.74) is 1.22. The monoisotopic (exact) mass is 219 g/mol. The van der Waals surface area contributed by atoms with Crippen LogP contribution >= 0.6 is 0 Å². The van der Waals surface area contributed by atoms with Gasteiger partial charge in [-0.05, 0) is 12.1 Å². The van der Waals surface area contributed by atoms with Crippen molar-refractivity contribution in [1.82, 2.24) is 9.72 Å². The second-order valence-electron chi connectivity index (χ2n) is 4.23. The number of nitrogens with zero attached hydrogens (tertiary/aromatic N) is 2. The zero-order chi connectivity index (χ0) is 11.5. The Kier molecular flexibility index (Phi) is 2.99. The van der Waals surface area contributed by atoms with Gasteiger partial charge in [-0.2, -0.15) is 0 Å². The number of aryl methyl sites for hydroxylation is 1. The van der Waals surface area contributed by atoms with Crippen molar-refractivity contribution in [2.45, 2.75) is 26.3 Å². The van der Waals surface area contributed by atoms with Gasteiger partial charge in [0.15, 0.2) is 5.82 Å². The molecular formula is C12H17N3O. The van der Waals surface area contributed by atoms with Crippen LogP contribution < -0.4 is 5.32 Å². The van der Waals surface area contributed by atoms with Crippen LogP contribution in [0.3, 0.4) is 0 Å². The Morgan fingerprint density at radius 2 is 2.31 bits per heavy atom. The van der Waals surface area contributed by atoms with E-state index in [1.165, 1.54) is 5.69 Å². The molecule has 0 fully saturated rings. The Balaban J connectivity index is 1.97. The summed E-state index contributed by atoms with van der Waals surface area (Å²) in [6.07, 6.45) is 2.03. The lowest BCUT2D eigenvalue weighted by molar-refractivity contribution is 0.373. The fourth-order valence-corrected chi connectivity index (χ4v) is 1.51. The predicted molar refractivity (Wildman–Crippen MR) is 63.3 cm³/mol. The van der Waals surface area contributed by atoms with E-state index in [-0.39, 0.29) is 0 Å². The molecule has 0 bridgehead atoms. The molecule has 1 N–H and O–H groups in total. The molecule has 0 aliphatic rings. The molecule has 0 spiro atoms. The zero-order valence-corrected chi connectivity index (χ0v) is 9.90. The Hall–Kier alpha value is -1.71. The molecule has 0 saturated carbocycles. The minimum absolute atomic E-state index is 0.373. The number of hydrogen-bond acceptors (Lipinski definition) is 3. The molecule has 0 aliphatic heterocycles. The molecular weight excluding hydrogens is 202 g/mol. The summed E-state index contributed by atoms with van der Waals surface area (Å²) in [4.78, 5) is 0. The van der Waals surface area contributed by atoms with E-state index in [1.54, 1.807) is 0 Å². The van der Waals surface area contributed by atoms with Crippen LogP contribution in [-0.2, 0) is 13.6 Å². The summed E-state index contributed by atoms with van der Waals surface area (Å²) in [6.45, 7) is 4.93. The van der Waals surface area contributed by atoms with Crippen molar-refractivity contribution in [2.75, 3.05) is 5.32 Å². The van der Waals surface area contributed by atoms with E-state index in [0.717, 1.165) is 18.1 Å². The Bertz CT molecular complexity index is 456. The van der Waals surface area contributed by atoms with Crippen molar-refractivity contribution in [2.24, 2.45) is 7.05 Å². The first kappa shape index (κ1) is 10.8. The van der Waals surface area contributed by atoms with Crippen LogP contribution in [0.15, 0.2) is 28.9 Å². The van der Waals surface area contributed by atoms with Gasteiger partial charge in [-0.25, -0.2) is 0 Å². The third-order valence-electron chi connectivity index (χ3n) is 2.60. The summed E-state index contributed by atoms with van der Waals surface area (Å²) < 4.78 is 7.29. The van der Waals surface area contributed by atoms with Crippen LogP contribution in [0.25, 0.3) is 0 Å². The predicted octanol–water partition coefficient (Wildman–Crippen LogP) is 2.75. The number of anilines is 1. The maximum Gasteiger partial charge on any atom is 0.169 e. The van der Waals surface area contributed by atoms with Crippen LogP contribution in [0.5, 0.6) is 0 Å². The quantitative estimate of drug-likeness (QED) is 0.859. The van der Waals surface area contributed by atoms with E-state index in [0.29, 0.717) is 5.92 Å². The van der Waals surface area contributed by atoms with Gasteiger partial charge in [0.05, 0.1) is 6.54 Å². The van der Waals surface area contributed by atoms with Gasteiger partial charge in [-0.15, -0.1) is 0 Å². The van der Waals surface area contributed by atoms with Crippen LogP contribution in [0.1, 0.15) is 31.2 Å². The topological polar surface area (TPSA) is 43.0 Å². The normalized spacial score (nSPS) is 11.0. The summed E-state index contributed by atoms with van der Waals surface area (Å²) in [6, 6.07) is 6.06. The van der Waals surface area contributed by atoms with Gasteiger partial charge in [0, 0.05) is 30.9 Å². The van der Waals surface area contributed by atoms with E-state index in [4.69, 9.17) is 4.52 Å². The van der Waals surface area contributed by atoms with Crippen molar-refractivity contribution in [3.05, 3.63) is 35.9 Å². The summed E-state index contributed by atoms with van der Waals surface area (Å²) in [7, 11) is 2.03. The molecule has 2 aromatic heterocycles. The highest BCUT2D eigenvalue weighted by Gasteiger charge is 2.07. The molecule has 2 rings (SSSR count). The van der Waals surface area contributed by atoms with Crippen molar-refractivity contribution in [1.29, 1.82) is 0 Å². The van der Waals surface area contributed by atoms with E-state index in [2.05, 4.69) is 35.0 Å². The van der Waals surface area contributed by atoms with E-state index >= 15 is 0 Å². The molecule has 2 heterocycles. The molecule has 4 heteroatoms. The fourth-order valence-electron chi connectivity index (χ4n) is 1.51. The number of nitrogens with one attached hydrogen (secondary N) is 1. The van der Waals surface area contributed by atoms with Crippen molar-refractivity contribution in [3.8, 4) is 0 Å². The first-order chi connectivity index (χ1) is 7.66. The molecule has 0 aliphatic carbocycles. The zero-order valence-electron chi connectivity index (χ0n) is 9.90. The van der Waals surface area contributed by atoms with Crippen LogP contribution in [0.2, 0.25) is 0 Å². The van der Waals surface area contributed by atoms with Crippen LogP contribution in [-0.4, -0.2) is 9.72 Å². The van der Waals surface area contributed by atoms with Gasteiger partial charge in [-0.3, -0.25) is 0 Å². The average Bonchev–Trinajstić information content (AvgIpc) is 2.83. The fraction of sp³-hybridized carbons (Fsp3) is 0.417. The Morgan fingerprint density at radius 1 is 1.50 bits per heavy atom. The molecule has 16 heavy (non-hydrogen) atoms. The number of aromatic nitrogens is 2. The molecule has 2 aromatic rings. The van der Waals surface area contributed by atoms with Crippen LogP contribution in [0, 0.1) is 0 Å². The number of hydrogen-bond donors (Lipinski definition) is 1. The summed E-state index contributed by atoms with van der Waals surface area (Å²) >= 11 is 0. The standard InChI is InChI=1S/C12H17N3O/c1-9(2)11-7-12(14-16-11)13-8-10-5-4-6-15(10)3/h4-7,9H,8H2,1-3H3,(H,13,14). The maximum absolute atomic E-state index is 5.21. The molecule has 0 saturated heterocycles. The Labute approximate surface area is 95.2 Å². The van der Waals surface area contributed by atoms with Gasteiger partial charge in [0.25, 0.3) is 0 Å². The lowest BCUT2D eigenvalue weighted by Gasteiger charge is -2.03. The molecule has 0 aromatic carbocycles. The second-order valence-corrected chi connectivity index (χ2v) is 4.23. The highest BCUT2D eigenvalue weighted by molar-refractivity contribution is 5.35. The second kappa shape index (κ2) is 4.43.